The number of halogens is 3. The fourth-order valence-corrected chi connectivity index (χ4v) is 4.42. The van der Waals surface area contributed by atoms with Crippen LogP contribution in [0.3, 0.4) is 0 Å². The number of rotatable bonds is 2. The largest absolute Gasteiger partial charge is 0.598 e. The molecule has 1 saturated heterocycles. The van der Waals surface area contributed by atoms with Gasteiger partial charge >= 0.3 is 12.1 Å². The highest BCUT2D eigenvalue weighted by Gasteiger charge is 2.50. The predicted molar refractivity (Wildman–Crippen MR) is 99.9 cm³/mol. The Morgan fingerprint density at radius 2 is 1.93 bits per heavy atom. The summed E-state index contributed by atoms with van der Waals surface area (Å²) in [6, 6.07) is 4.29. The van der Waals surface area contributed by atoms with Crippen molar-refractivity contribution in [2.24, 2.45) is 5.41 Å². The Kier molecular flexibility index (Phi) is 7.01. The van der Waals surface area contributed by atoms with Crippen molar-refractivity contribution in [3.63, 3.8) is 0 Å². The third-order valence-electron chi connectivity index (χ3n) is 4.98. The first kappa shape index (κ1) is 22.9. The Labute approximate surface area is 165 Å². The highest BCUT2D eigenvalue weighted by Crippen LogP contribution is 2.50. The van der Waals surface area contributed by atoms with E-state index in [1.165, 1.54) is 5.56 Å². The van der Waals surface area contributed by atoms with Crippen molar-refractivity contribution in [1.29, 1.82) is 0 Å². The molecule has 1 spiro atoms. The summed E-state index contributed by atoms with van der Waals surface area (Å²) < 4.78 is 47.5. The fourth-order valence-electron chi connectivity index (χ4n) is 3.49. The molecule has 2 heterocycles. The molecule has 1 aliphatic heterocycles. The van der Waals surface area contributed by atoms with Crippen LogP contribution in [0, 0.1) is 5.41 Å². The van der Waals surface area contributed by atoms with Crippen molar-refractivity contribution < 1.29 is 27.6 Å². The molecule has 3 N–H and O–H groups in total. The molecule has 158 valence electrons. The molecule has 0 aromatic carbocycles. The molecule has 2 atom stereocenters. The van der Waals surface area contributed by atoms with E-state index in [1.54, 1.807) is 0 Å². The summed E-state index contributed by atoms with van der Waals surface area (Å²) in [6.45, 7) is 8.11. The molecule has 6 nitrogen and oxygen atoms in total. The van der Waals surface area contributed by atoms with Gasteiger partial charge in [-0.2, -0.15) is 13.2 Å². The Morgan fingerprint density at radius 3 is 2.43 bits per heavy atom. The third kappa shape index (κ3) is 5.37. The van der Waals surface area contributed by atoms with Crippen molar-refractivity contribution in [3.8, 4) is 0 Å². The Morgan fingerprint density at radius 1 is 1.36 bits per heavy atom. The molecular formula is C18H26F3N3O3S. The molecule has 1 aliphatic carbocycles. The van der Waals surface area contributed by atoms with Gasteiger partial charge < -0.3 is 15.0 Å². The molecule has 1 fully saturated rings. The average Bonchev–Trinajstić information content (AvgIpc) is 2.87. The lowest BCUT2D eigenvalue weighted by Gasteiger charge is -2.40. The number of fused-ring (bicyclic) bond motifs is 1. The highest BCUT2D eigenvalue weighted by molar-refractivity contribution is 7.90. The smallest absolute Gasteiger partial charge is 0.490 e. The quantitative estimate of drug-likeness (QED) is 0.636. The number of carbonyl (C=O) groups is 1. The molecule has 1 aromatic heterocycles. The summed E-state index contributed by atoms with van der Waals surface area (Å²) in [5.41, 5.74) is 2.60. The Bertz CT molecular complexity index is 689. The van der Waals surface area contributed by atoms with E-state index < -0.39 is 23.5 Å². The van der Waals surface area contributed by atoms with Gasteiger partial charge in [0.2, 0.25) is 0 Å². The zero-order chi connectivity index (χ0) is 21.2. The number of aromatic nitrogens is 1. The minimum absolute atomic E-state index is 0.107. The minimum Gasteiger partial charge on any atom is -0.598 e. The van der Waals surface area contributed by atoms with Gasteiger partial charge in [-0.25, -0.2) is 4.79 Å². The Balaban J connectivity index is 0.000000345. The first-order valence-corrected chi connectivity index (χ1v) is 10.1. The number of carboxylic acid groups (broad SMARTS) is 1. The van der Waals surface area contributed by atoms with Crippen LogP contribution in [-0.2, 0) is 22.6 Å². The topological polar surface area (TPSA) is 97.3 Å². The van der Waals surface area contributed by atoms with E-state index in [0.29, 0.717) is 0 Å². The number of hydrogen-bond donors (Lipinski definition) is 3. The summed E-state index contributed by atoms with van der Waals surface area (Å²) in [5, 5.41) is 10.6. The minimum atomic E-state index is -5.08. The van der Waals surface area contributed by atoms with Gasteiger partial charge in [-0.05, 0) is 64.8 Å². The maximum Gasteiger partial charge on any atom is 0.490 e. The molecule has 0 radical (unpaired) electrons. The molecule has 2 unspecified atom stereocenters. The zero-order valence-corrected chi connectivity index (χ0v) is 16.9. The standard InChI is InChI=1S/C16H25N3OS.C2HF3O2/c1-15(2,3)21(20)19-14-13-12(5-4-8-18-13)11-16(14)6-9-17-10-7-16;3-2(4,5)1(6)7/h4-5,8,14,17,19H,6-7,9-11H2,1-3H3;(H,6,7). The van der Waals surface area contributed by atoms with E-state index in [-0.39, 0.29) is 16.2 Å². The van der Waals surface area contributed by atoms with Crippen LogP contribution in [-0.4, -0.2) is 44.6 Å². The van der Waals surface area contributed by atoms with Crippen LogP contribution in [0.1, 0.15) is 50.9 Å². The van der Waals surface area contributed by atoms with Crippen molar-refractivity contribution in [2.75, 3.05) is 13.1 Å². The second-order valence-corrected chi connectivity index (χ2v) is 10.1. The molecule has 2 aliphatic rings. The average molecular weight is 421 g/mol. The number of alkyl halides is 3. The van der Waals surface area contributed by atoms with Crippen LogP contribution >= 0.6 is 0 Å². The summed E-state index contributed by atoms with van der Waals surface area (Å²) in [7, 11) is 0. The van der Waals surface area contributed by atoms with Crippen molar-refractivity contribution in [2.45, 2.75) is 57.0 Å². The summed E-state index contributed by atoms with van der Waals surface area (Å²) in [5.74, 6) is -2.76. The first-order valence-electron chi connectivity index (χ1n) is 8.99. The molecule has 3 rings (SSSR count). The van der Waals surface area contributed by atoms with Gasteiger partial charge in [0, 0.05) is 23.0 Å². The van der Waals surface area contributed by atoms with E-state index >= 15 is 0 Å². The van der Waals surface area contributed by atoms with Crippen LogP contribution in [0.25, 0.3) is 0 Å². The second-order valence-electron chi connectivity index (χ2n) is 8.07. The van der Waals surface area contributed by atoms with E-state index in [4.69, 9.17) is 9.90 Å². The SMILES string of the molecule is CC(C)(C)[S+]([O-])NC1c2ncccc2CC12CCNCC2.O=C(O)C(F)(F)F. The predicted octanol–water partition coefficient (Wildman–Crippen LogP) is 2.73. The lowest BCUT2D eigenvalue weighted by atomic mass is 9.74. The van der Waals surface area contributed by atoms with Gasteiger partial charge in [-0.3, -0.25) is 4.98 Å². The molecular weight excluding hydrogens is 395 g/mol. The number of piperidine rings is 1. The molecule has 0 bridgehead atoms. The van der Waals surface area contributed by atoms with Gasteiger partial charge in [0.1, 0.15) is 10.8 Å². The van der Waals surface area contributed by atoms with Gasteiger partial charge in [-0.1, -0.05) is 6.07 Å². The van der Waals surface area contributed by atoms with Crippen molar-refractivity contribution in [3.05, 3.63) is 29.6 Å². The van der Waals surface area contributed by atoms with Crippen LogP contribution in [0.15, 0.2) is 18.3 Å². The molecule has 1 aromatic rings. The molecule has 10 heteroatoms. The summed E-state index contributed by atoms with van der Waals surface area (Å²) in [6.07, 6.45) is 0.0508. The number of hydrogen-bond acceptors (Lipinski definition) is 5. The number of nitrogens with zero attached hydrogens (tertiary/aromatic N) is 1. The normalized spacial score (nSPS) is 22.2. The maximum absolute atomic E-state index is 12.6. The van der Waals surface area contributed by atoms with Crippen LogP contribution in [0.2, 0.25) is 0 Å². The molecule has 0 saturated carbocycles. The van der Waals surface area contributed by atoms with E-state index in [9.17, 15) is 17.7 Å². The van der Waals surface area contributed by atoms with E-state index in [2.05, 4.69) is 21.1 Å². The van der Waals surface area contributed by atoms with Crippen molar-refractivity contribution in [1.82, 2.24) is 15.0 Å². The number of pyridine rings is 1. The van der Waals surface area contributed by atoms with Crippen LogP contribution < -0.4 is 10.0 Å². The van der Waals surface area contributed by atoms with Gasteiger partial charge in [-0.15, -0.1) is 4.72 Å². The fraction of sp³-hybridized carbons (Fsp3) is 0.667. The lowest BCUT2D eigenvalue weighted by molar-refractivity contribution is -0.192. The molecule has 28 heavy (non-hydrogen) atoms. The monoisotopic (exact) mass is 421 g/mol. The summed E-state index contributed by atoms with van der Waals surface area (Å²) >= 11 is -1.07. The van der Waals surface area contributed by atoms with Crippen LogP contribution in [0.4, 0.5) is 13.2 Å². The Hall–Kier alpha value is -1.36. The van der Waals surface area contributed by atoms with E-state index in [1.807, 2.05) is 33.0 Å². The highest BCUT2D eigenvalue weighted by atomic mass is 32.2. The first-order chi connectivity index (χ1) is 12.9. The number of carboxylic acids is 1. The summed E-state index contributed by atoms with van der Waals surface area (Å²) in [4.78, 5) is 13.5. The van der Waals surface area contributed by atoms with Gasteiger partial charge in [0.25, 0.3) is 0 Å². The van der Waals surface area contributed by atoms with Crippen LogP contribution in [0.5, 0.6) is 0 Å². The zero-order valence-electron chi connectivity index (χ0n) is 16.1. The number of aliphatic carboxylic acids is 1. The van der Waals surface area contributed by atoms with Gasteiger partial charge in [0.15, 0.2) is 0 Å². The van der Waals surface area contributed by atoms with Crippen molar-refractivity contribution >= 4 is 17.3 Å². The number of nitrogens with one attached hydrogen (secondary N) is 2. The maximum atomic E-state index is 12.6. The lowest BCUT2D eigenvalue weighted by Crippen LogP contribution is -2.49. The molecule has 0 amide bonds. The third-order valence-corrected chi connectivity index (χ3v) is 6.54. The second kappa shape index (κ2) is 8.56. The van der Waals surface area contributed by atoms with E-state index in [0.717, 1.165) is 38.0 Å². The van der Waals surface area contributed by atoms with Gasteiger partial charge in [0.05, 0.1) is 5.69 Å².